The third-order valence-electron chi connectivity index (χ3n) is 4.06. The molecule has 0 saturated heterocycles. The predicted molar refractivity (Wildman–Crippen MR) is 97.3 cm³/mol. The second-order valence-corrected chi connectivity index (χ2v) is 6.04. The number of nitro groups is 1. The Kier molecular flexibility index (Phi) is 5.27. The maximum atomic E-state index is 12.2. The lowest BCUT2D eigenvalue weighted by Gasteiger charge is -2.16. The summed E-state index contributed by atoms with van der Waals surface area (Å²) in [5.41, 5.74) is 0.753. The van der Waals surface area contributed by atoms with Crippen LogP contribution in [0.15, 0.2) is 47.5 Å². The van der Waals surface area contributed by atoms with Crippen molar-refractivity contribution < 1.29 is 23.9 Å². The third kappa shape index (κ3) is 3.70. The molecule has 9 heteroatoms. The van der Waals surface area contributed by atoms with Gasteiger partial charge in [-0.2, -0.15) is 0 Å². The van der Waals surface area contributed by atoms with E-state index in [1.165, 1.54) is 19.2 Å². The Morgan fingerprint density at radius 1 is 1.22 bits per heavy atom. The number of esters is 1. The van der Waals surface area contributed by atoms with Gasteiger partial charge in [0.05, 0.1) is 19.1 Å². The van der Waals surface area contributed by atoms with Crippen molar-refractivity contribution in [3.05, 3.63) is 68.7 Å². The molecule has 2 aromatic carbocycles. The minimum Gasteiger partial charge on any atom is -0.497 e. The summed E-state index contributed by atoms with van der Waals surface area (Å²) in [6, 6.07) is 10.2. The summed E-state index contributed by atoms with van der Waals surface area (Å²) in [6.07, 6.45) is -0.870. The van der Waals surface area contributed by atoms with Gasteiger partial charge in [-0.3, -0.25) is 10.1 Å². The van der Waals surface area contributed by atoms with Crippen molar-refractivity contribution in [2.24, 2.45) is 4.99 Å². The van der Waals surface area contributed by atoms with Crippen LogP contribution in [0.25, 0.3) is 0 Å². The smallest absolute Gasteiger partial charge is 0.335 e. The van der Waals surface area contributed by atoms with E-state index in [9.17, 15) is 14.9 Å². The standard InChI is InChI=1S/C18H15ClN2O6/c1-25-12-6-3-10(4-7-12)17-20-15(18(22)26-2)16(27-17)11-5-8-13(19)14(9-11)21(23)24/h3-9,15-16H,1-2H3/t15-,16-/m0/s1. The summed E-state index contributed by atoms with van der Waals surface area (Å²) in [7, 11) is 2.79. The molecule has 3 rings (SSSR count). The van der Waals surface area contributed by atoms with Crippen LogP contribution >= 0.6 is 11.6 Å². The highest BCUT2D eigenvalue weighted by Gasteiger charge is 2.39. The Labute approximate surface area is 159 Å². The van der Waals surface area contributed by atoms with E-state index in [0.717, 1.165) is 0 Å². The van der Waals surface area contributed by atoms with E-state index in [2.05, 4.69) is 4.99 Å². The number of carbonyl (C=O) groups is 1. The number of ether oxygens (including phenoxy) is 3. The van der Waals surface area contributed by atoms with Gasteiger partial charge in [0.25, 0.3) is 5.69 Å². The third-order valence-corrected chi connectivity index (χ3v) is 4.38. The molecule has 1 heterocycles. The van der Waals surface area contributed by atoms with E-state index in [4.69, 9.17) is 25.8 Å². The zero-order valence-electron chi connectivity index (χ0n) is 14.4. The monoisotopic (exact) mass is 390 g/mol. The van der Waals surface area contributed by atoms with E-state index >= 15 is 0 Å². The van der Waals surface area contributed by atoms with Crippen LogP contribution in [0.2, 0.25) is 5.02 Å². The molecule has 0 N–H and O–H groups in total. The lowest BCUT2D eigenvalue weighted by Crippen LogP contribution is -2.25. The van der Waals surface area contributed by atoms with Gasteiger partial charge in [0, 0.05) is 17.2 Å². The topological polar surface area (TPSA) is 100 Å². The van der Waals surface area contributed by atoms with E-state index in [1.807, 2.05) is 0 Å². The maximum Gasteiger partial charge on any atom is 0.335 e. The molecule has 0 saturated carbocycles. The number of nitrogens with zero attached hydrogens (tertiary/aromatic N) is 2. The van der Waals surface area contributed by atoms with Crippen molar-refractivity contribution in [1.29, 1.82) is 0 Å². The number of carbonyl (C=O) groups excluding carboxylic acids is 1. The molecule has 27 heavy (non-hydrogen) atoms. The number of hydrogen-bond acceptors (Lipinski definition) is 7. The fourth-order valence-corrected chi connectivity index (χ4v) is 2.87. The fraction of sp³-hybridized carbons (Fsp3) is 0.222. The Hall–Kier alpha value is -3.13. The first-order valence-electron chi connectivity index (χ1n) is 7.85. The van der Waals surface area contributed by atoms with Crippen LogP contribution in [0, 0.1) is 10.1 Å². The van der Waals surface area contributed by atoms with Gasteiger partial charge in [-0.15, -0.1) is 0 Å². The normalized spacial score (nSPS) is 18.4. The highest BCUT2D eigenvalue weighted by atomic mass is 35.5. The highest BCUT2D eigenvalue weighted by Crippen LogP contribution is 2.35. The van der Waals surface area contributed by atoms with Crippen molar-refractivity contribution in [3.63, 3.8) is 0 Å². The van der Waals surface area contributed by atoms with Crippen LogP contribution < -0.4 is 4.74 Å². The van der Waals surface area contributed by atoms with Gasteiger partial charge in [-0.1, -0.05) is 17.7 Å². The first kappa shape index (κ1) is 18.7. The van der Waals surface area contributed by atoms with Gasteiger partial charge in [-0.25, -0.2) is 9.79 Å². The number of aliphatic imine (C=N–C) groups is 1. The van der Waals surface area contributed by atoms with Crippen LogP contribution in [0.1, 0.15) is 17.2 Å². The first-order chi connectivity index (χ1) is 12.9. The lowest BCUT2D eigenvalue weighted by molar-refractivity contribution is -0.384. The molecular formula is C18H15ClN2O6. The number of benzene rings is 2. The first-order valence-corrected chi connectivity index (χ1v) is 8.23. The van der Waals surface area contributed by atoms with Crippen LogP contribution in [0.5, 0.6) is 5.75 Å². The van der Waals surface area contributed by atoms with E-state index < -0.39 is 23.0 Å². The minimum absolute atomic E-state index is 0.00680. The van der Waals surface area contributed by atoms with Gasteiger partial charge >= 0.3 is 5.97 Å². The van der Waals surface area contributed by atoms with Gasteiger partial charge in [-0.05, 0) is 30.3 Å². The SMILES string of the molecule is COC(=O)[C@H]1N=C(c2ccc(OC)cc2)O[C@H]1c1ccc(Cl)c([N+](=O)[O-])c1. The van der Waals surface area contributed by atoms with Crippen LogP contribution in [0.4, 0.5) is 5.69 Å². The summed E-state index contributed by atoms with van der Waals surface area (Å²) < 4.78 is 15.8. The molecule has 0 aromatic heterocycles. The van der Waals surface area contributed by atoms with Crippen molar-refractivity contribution in [1.82, 2.24) is 0 Å². The Balaban J connectivity index is 1.97. The molecule has 0 amide bonds. The average molecular weight is 391 g/mol. The predicted octanol–water partition coefficient (Wildman–Crippen LogP) is 3.32. The quantitative estimate of drug-likeness (QED) is 0.441. The molecule has 140 valence electrons. The Bertz CT molecular complexity index is 913. The lowest BCUT2D eigenvalue weighted by atomic mass is 10.0. The molecule has 2 atom stereocenters. The molecule has 8 nitrogen and oxygen atoms in total. The number of hydrogen-bond donors (Lipinski definition) is 0. The highest BCUT2D eigenvalue weighted by molar-refractivity contribution is 6.32. The second kappa shape index (κ2) is 7.63. The summed E-state index contributed by atoms with van der Waals surface area (Å²) in [5, 5.41) is 11.1. The van der Waals surface area contributed by atoms with E-state index in [1.54, 1.807) is 37.4 Å². The summed E-state index contributed by atoms with van der Waals surface area (Å²) in [6.45, 7) is 0. The van der Waals surface area contributed by atoms with Crippen molar-refractivity contribution in [3.8, 4) is 5.75 Å². The molecule has 0 spiro atoms. The number of nitro benzene ring substituents is 1. The molecule has 2 aromatic rings. The zero-order valence-corrected chi connectivity index (χ0v) is 15.2. The molecule has 0 fully saturated rings. The van der Waals surface area contributed by atoms with Gasteiger partial charge < -0.3 is 14.2 Å². The molecule has 0 aliphatic carbocycles. The van der Waals surface area contributed by atoms with Crippen molar-refractivity contribution in [2.75, 3.05) is 14.2 Å². The van der Waals surface area contributed by atoms with Crippen LogP contribution in [-0.4, -0.2) is 37.1 Å². The fourth-order valence-electron chi connectivity index (χ4n) is 2.68. The number of rotatable bonds is 5. The Morgan fingerprint density at radius 3 is 2.52 bits per heavy atom. The van der Waals surface area contributed by atoms with Gasteiger partial charge in [0.1, 0.15) is 10.8 Å². The average Bonchev–Trinajstić information content (AvgIpc) is 3.13. The molecule has 1 aliphatic heterocycles. The van der Waals surface area contributed by atoms with E-state index in [0.29, 0.717) is 16.9 Å². The number of halogens is 1. The number of methoxy groups -OCH3 is 2. The summed E-state index contributed by atoms with van der Waals surface area (Å²) >= 11 is 5.86. The van der Waals surface area contributed by atoms with Crippen molar-refractivity contribution >= 4 is 29.2 Å². The zero-order chi connectivity index (χ0) is 19.6. The molecule has 0 radical (unpaired) electrons. The van der Waals surface area contributed by atoms with Gasteiger partial charge in [0.15, 0.2) is 12.1 Å². The molecule has 0 bridgehead atoms. The maximum absolute atomic E-state index is 12.2. The summed E-state index contributed by atoms with van der Waals surface area (Å²) in [5.74, 6) is 0.281. The van der Waals surface area contributed by atoms with Gasteiger partial charge in [0.2, 0.25) is 5.90 Å². The molecule has 1 aliphatic rings. The van der Waals surface area contributed by atoms with Crippen LogP contribution in [-0.2, 0) is 14.3 Å². The second-order valence-electron chi connectivity index (χ2n) is 5.64. The largest absolute Gasteiger partial charge is 0.497 e. The van der Waals surface area contributed by atoms with Crippen LogP contribution in [0.3, 0.4) is 0 Å². The summed E-state index contributed by atoms with van der Waals surface area (Å²) in [4.78, 5) is 27.0. The minimum atomic E-state index is -0.993. The van der Waals surface area contributed by atoms with Crippen molar-refractivity contribution in [2.45, 2.75) is 12.1 Å². The molecular weight excluding hydrogens is 376 g/mol. The Morgan fingerprint density at radius 2 is 1.93 bits per heavy atom. The van der Waals surface area contributed by atoms with E-state index in [-0.39, 0.29) is 16.6 Å². The molecule has 0 unspecified atom stereocenters.